The predicted octanol–water partition coefficient (Wildman–Crippen LogP) is 5.13. The number of piperazine rings is 1. The number of rotatable bonds is 3. The van der Waals surface area contributed by atoms with Gasteiger partial charge in [-0.25, -0.2) is 14.3 Å². The third kappa shape index (κ3) is 5.09. The predicted molar refractivity (Wildman–Crippen MR) is 139 cm³/mol. The van der Waals surface area contributed by atoms with Crippen LogP contribution in [0.25, 0.3) is 27.8 Å². The Morgan fingerprint density at radius 2 is 1.70 bits per heavy atom. The monoisotopic (exact) mass is 498 g/mol. The van der Waals surface area contributed by atoms with Crippen molar-refractivity contribution in [1.29, 1.82) is 5.26 Å². The number of halogens is 1. The quantitative estimate of drug-likeness (QED) is 0.364. The average molecular weight is 499 g/mol. The second-order valence-electron chi connectivity index (χ2n) is 9.98. The molecule has 8 nitrogen and oxygen atoms in total. The Morgan fingerprint density at radius 1 is 1.00 bits per heavy atom. The number of anilines is 1. The van der Waals surface area contributed by atoms with Crippen LogP contribution in [0.2, 0.25) is 0 Å². The first-order valence-corrected chi connectivity index (χ1v) is 12.1. The third-order valence-electron chi connectivity index (χ3n) is 6.27. The number of nitrogens with zero attached hydrogens (tertiary/aromatic N) is 6. The molecule has 1 aliphatic heterocycles. The third-order valence-corrected chi connectivity index (χ3v) is 6.27. The minimum Gasteiger partial charge on any atom is -0.444 e. The van der Waals surface area contributed by atoms with Gasteiger partial charge in [-0.1, -0.05) is 12.1 Å². The Morgan fingerprint density at radius 3 is 2.32 bits per heavy atom. The van der Waals surface area contributed by atoms with Crippen LogP contribution < -0.4 is 4.90 Å². The van der Waals surface area contributed by atoms with Crippen LogP contribution in [0.4, 0.5) is 14.9 Å². The van der Waals surface area contributed by atoms with E-state index in [9.17, 15) is 14.4 Å². The van der Waals surface area contributed by atoms with Crippen molar-refractivity contribution in [3.05, 3.63) is 72.6 Å². The van der Waals surface area contributed by atoms with Gasteiger partial charge in [-0.2, -0.15) is 14.8 Å². The molecule has 1 amide bonds. The summed E-state index contributed by atoms with van der Waals surface area (Å²) in [4.78, 5) is 20.1. The molecule has 188 valence electrons. The van der Waals surface area contributed by atoms with Gasteiger partial charge in [0.1, 0.15) is 11.7 Å². The van der Waals surface area contributed by atoms with Crippen LogP contribution in [-0.2, 0) is 4.74 Å². The number of carbonyl (C=O) groups excluding carboxylic acids is 1. The molecule has 0 spiro atoms. The van der Waals surface area contributed by atoms with Gasteiger partial charge in [0, 0.05) is 61.0 Å². The number of nitriles is 1. The summed E-state index contributed by atoms with van der Waals surface area (Å²) in [6, 6.07) is 15.3. The average Bonchev–Trinajstić information content (AvgIpc) is 3.31. The molecular formula is C28H27FN6O2. The highest BCUT2D eigenvalue weighted by Crippen LogP contribution is 2.32. The van der Waals surface area contributed by atoms with E-state index in [-0.39, 0.29) is 6.09 Å². The number of benzene rings is 1. The van der Waals surface area contributed by atoms with E-state index < -0.39 is 11.5 Å². The van der Waals surface area contributed by atoms with Crippen LogP contribution in [0.1, 0.15) is 26.3 Å². The molecule has 0 N–H and O–H groups in total. The Kier molecular flexibility index (Phi) is 6.25. The maximum atomic E-state index is 13.5. The van der Waals surface area contributed by atoms with E-state index in [1.807, 2.05) is 45.2 Å². The molecule has 0 saturated carbocycles. The van der Waals surface area contributed by atoms with Crippen molar-refractivity contribution in [2.45, 2.75) is 26.4 Å². The van der Waals surface area contributed by atoms with Crippen LogP contribution in [-0.4, -0.2) is 57.4 Å². The number of fused-ring (bicyclic) bond motifs is 1. The Balaban J connectivity index is 1.38. The van der Waals surface area contributed by atoms with E-state index >= 15 is 0 Å². The lowest BCUT2D eigenvalue weighted by Gasteiger charge is -2.36. The molecule has 0 aliphatic carbocycles. The summed E-state index contributed by atoms with van der Waals surface area (Å²) < 4.78 is 20.6. The second-order valence-corrected chi connectivity index (χ2v) is 9.98. The van der Waals surface area contributed by atoms with Gasteiger partial charge in [0.2, 0.25) is 5.95 Å². The lowest BCUT2D eigenvalue weighted by molar-refractivity contribution is 0.0240. The first kappa shape index (κ1) is 24.3. The van der Waals surface area contributed by atoms with Crippen LogP contribution in [0.5, 0.6) is 0 Å². The van der Waals surface area contributed by atoms with Gasteiger partial charge in [-0.3, -0.25) is 0 Å². The molecule has 1 fully saturated rings. The highest BCUT2D eigenvalue weighted by atomic mass is 19.1. The molecule has 0 atom stereocenters. The number of hydrogen-bond acceptors (Lipinski definition) is 6. The largest absolute Gasteiger partial charge is 0.444 e. The molecular weight excluding hydrogens is 471 g/mol. The van der Waals surface area contributed by atoms with Crippen molar-refractivity contribution in [3.63, 3.8) is 0 Å². The molecule has 1 saturated heterocycles. The Bertz CT molecular complexity index is 1470. The molecule has 1 aliphatic rings. The van der Waals surface area contributed by atoms with Crippen LogP contribution in [0.3, 0.4) is 0 Å². The zero-order valence-electron chi connectivity index (χ0n) is 21.0. The van der Waals surface area contributed by atoms with Crippen molar-refractivity contribution in [2.75, 3.05) is 31.1 Å². The van der Waals surface area contributed by atoms with E-state index in [1.54, 1.807) is 15.5 Å². The van der Waals surface area contributed by atoms with E-state index in [0.29, 0.717) is 29.7 Å². The Hall–Kier alpha value is -4.45. The maximum absolute atomic E-state index is 13.5. The van der Waals surface area contributed by atoms with Gasteiger partial charge in [-0.05, 0) is 56.7 Å². The smallest absolute Gasteiger partial charge is 0.410 e. The number of ether oxygens (including phenoxy) is 1. The number of pyridine rings is 2. The summed E-state index contributed by atoms with van der Waals surface area (Å²) in [5.41, 5.74) is 4.98. The highest BCUT2D eigenvalue weighted by Gasteiger charge is 2.26. The van der Waals surface area contributed by atoms with Crippen LogP contribution in [0.15, 0.2) is 61.1 Å². The van der Waals surface area contributed by atoms with Crippen molar-refractivity contribution >= 4 is 17.3 Å². The zero-order chi connectivity index (χ0) is 26.2. The van der Waals surface area contributed by atoms with E-state index in [1.165, 1.54) is 18.5 Å². The summed E-state index contributed by atoms with van der Waals surface area (Å²) >= 11 is 0. The summed E-state index contributed by atoms with van der Waals surface area (Å²) in [6.07, 6.45) is 4.59. The van der Waals surface area contributed by atoms with Gasteiger partial charge in [-0.15, -0.1) is 0 Å². The number of hydrogen-bond donors (Lipinski definition) is 0. The number of amides is 1. The maximum Gasteiger partial charge on any atom is 0.410 e. The van der Waals surface area contributed by atoms with E-state index in [0.717, 1.165) is 35.5 Å². The Labute approximate surface area is 214 Å². The first-order chi connectivity index (χ1) is 17.7. The standard InChI is InChI=1S/C28H27FN6O2/c1-28(2,3)37-27(36)34-12-10-33(11-13-34)23-7-4-19(5-8-23)21-14-24(20-6-9-25(29)31-16-20)26-22(15-30)17-32-35(26)18-21/h4-9,14,16-18H,10-13H2,1-3H3. The first-order valence-electron chi connectivity index (χ1n) is 12.1. The molecule has 0 bridgehead atoms. The van der Waals surface area contributed by atoms with Crippen LogP contribution >= 0.6 is 0 Å². The van der Waals surface area contributed by atoms with Crippen LogP contribution in [0, 0.1) is 17.3 Å². The van der Waals surface area contributed by atoms with E-state index in [4.69, 9.17) is 4.74 Å². The lowest BCUT2D eigenvalue weighted by Crippen LogP contribution is -2.50. The normalized spacial score (nSPS) is 14.0. The van der Waals surface area contributed by atoms with Crippen molar-refractivity contribution in [3.8, 4) is 28.3 Å². The van der Waals surface area contributed by atoms with Crippen molar-refractivity contribution < 1.29 is 13.9 Å². The molecule has 0 unspecified atom stereocenters. The summed E-state index contributed by atoms with van der Waals surface area (Å²) in [5, 5.41) is 13.9. The number of aromatic nitrogens is 3. The molecule has 0 radical (unpaired) electrons. The molecule has 3 aromatic heterocycles. The molecule has 1 aromatic carbocycles. The molecule has 4 heterocycles. The van der Waals surface area contributed by atoms with Crippen molar-refractivity contribution in [1.82, 2.24) is 19.5 Å². The van der Waals surface area contributed by atoms with Gasteiger partial charge in [0.15, 0.2) is 0 Å². The fourth-order valence-corrected chi connectivity index (χ4v) is 4.45. The highest BCUT2D eigenvalue weighted by molar-refractivity contribution is 5.87. The molecule has 9 heteroatoms. The number of carbonyl (C=O) groups is 1. The van der Waals surface area contributed by atoms with Gasteiger partial charge >= 0.3 is 6.09 Å². The van der Waals surface area contributed by atoms with Crippen molar-refractivity contribution in [2.24, 2.45) is 0 Å². The lowest BCUT2D eigenvalue weighted by atomic mass is 9.99. The summed E-state index contributed by atoms with van der Waals surface area (Å²) in [5.74, 6) is -0.563. The topological polar surface area (TPSA) is 86.8 Å². The van der Waals surface area contributed by atoms with Gasteiger partial charge in [0.25, 0.3) is 0 Å². The molecule has 37 heavy (non-hydrogen) atoms. The minimum absolute atomic E-state index is 0.275. The SMILES string of the molecule is CC(C)(C)OC(=O)N1CCN(c2ccc(-c3cc(-c4ccc(F)nc4)c4c(C#N)cnn4c3)cc2)CC1. The summed E-state index contributed by atoms with van der Waals surface area (Å²) in [6.45, 7) is 8.25. The zero-order valence-corrected chi connectivity index (χ0v) is 21.0. The van der Waals surface area contributed by atoms with E-state index in [2.05, 4.69) is 33.2 Å². The van der Waals surface area contributed by atoms with Gasteiger partial charge < -0.3 is 14.5 Å². The fraction of sp³-hybridized carbons (Fsp3) is 0.286. The molecule has 4 aromatic rings. The minimum atomic E-state index is -0.563. The molecule has 5 rings (SSSR count). The fourth-order valence-electron chi connectivity index (χ4n) is 4.45. The summed E-state index contributed by atoms with van der Waals surface area (Å²) in [7, 11) is 0. The second kappa shape index (κ2) is 9.54. The van der Waals surface area contributed by atoms with Gasteiger partial charge in [0.05, 0.1) is 17.3 Å².